The molecule has 1 aliphatic heterocycles. The van der Waals surface area contributed by atoms with Crippen molar-refractivity contribution in [1.29, 1.82) is 0 Å². The first-order chi connectivity index (χ1) is 14.1. The highest BCUT2D eigenvalue weighted by molar-refractivity contribution is 6.07. The fourth-order valence-electron chi connectivity index (χ4n) is 3.68. The van der Waals surface area contributed by atoms with Gasteiger partial charge in [-0.25, -0.2) is 0 Å². The van der Waals surface area contributed by atoms with Crippen molar-refractivity contribution < 1.29 is 14.3 Å². The Kier molecular flexibility index (Phi) is 5.04. The zero-order valence-corrected chi connectivity index (χ0v) is 16.4. The molecule has 3 aromatic rings. The molecule has 0 saturated carbocycles. The molecule has 5 nitrogen and oxygen atoms in total. The molecule has 5 heteroatoms. The normalized spacial score (nSPS) is 12.4. The van der Waals surface area contributed by atoms with Gasteiger partial charge < -0.3 is 15.0 Å². The minimum absolute atomic E-state index is 0.00413. The van der Waals surface area contributed by atoms with Crippen molar-refractivity contribution >= 4 is 23.2 Å². The number of ether oxygens (including phenoxy) is 1. The molecule has 1 aliphatic rings. The van der Waals surface area contributed by atoms with Crippen LogP contribution in [0.25, 0.3) is 11.1 Å². The minimum atomic E-state index is -0.257. The first-order valence-electron chi connectivity index (χ1n) is 9.52. The number of nitrogens with zero attached hydrogens (tertiary/aromatic N) is 1. The SMILES string of the molecule is COc1ccc(-c2ccccc2)cc1C(=O)Nc1ccc2c(c1)N(C(C)=O)CC2. The van der Waals surface area contributed by atoms with Gasteiger partial charge in [-0.2, -0.15) is 0 Å². The summed E-state index contributed by atoms with van der Waals surface area (Å²) in [6.45, 7) is 2.23. The molecule has 0 radical (unpaired) electrons. The van der Waals surface area contributed by atoms with Crippen molar-refractivity contribution in [2.24, 2.45) is 0 Å². The second-order valence-electron chi connectivity index (χ2n) is 7.00. The van der Waals surface area contributed by atoms with Gasteiger partial charge in [0.25, 0.3) is 5.91 Å². The topological polar surface area (TPSA) is 58.6 Å². The van der Waals surface area contributed by atoms with Gasteiger partial charge in [-0.3, -0.25) is 9.59 Å². The van der Waals surface area contributed by atoms with Crippen molar-refractivity contribution in [1.82, 2.24) is 0 Å². The van der Waals surface area contributed by atoms with Gasteiger partial charge in [-0.1, -0.05) is 42.5 Å². The van der Waals surface area contributed by atoms with Crippen molar-refractivity contribution in [2.75, 3.05) is 23.9 Å². The molecule has 0 aromatic heterocycles. The summed E-state index contributed by atoms with van der Waals surface area (Å²) in [6, 6.07) is 21.1. The van der Waals surface area contributed by atoms with Crippen LogP contribution in [0.5, 0.6) is 5.75 Å². The summed E-state index contributed by atoms with van der Waals surface area (Å²) < 4.78 is 5.40. The molecular formula is C24H22N2O3. The molecule has 0 bridgehead atoms. The van der Waals surface area contributed by atoms with E-state index >= 15 is 0 Å². The van der Waals surface area contributed by atoms with Gasteiger partial charge in [-0.15, -0.1) is 0 Å². The van der Waals surface area contributed by atoms with E-state index in [2.05, 4.69) is 5.32 Å². The quantitative estimate of drug-likeness (QED) is 0.717. The fourth-order valence-corrected chi connectivity index (χ4v) is 3.68. The Labute approximate surface area is 169 Å². The van der Waals surface area contributed by atoms with Crippen LogP contribution in [0.1, 0.15) is 22.8 Å². The number of anilines is 2. The fraction of sp³-hybridized carbons (Fsp3) is 0.167. The van der Waals surface area contributed by atoms with E-state index in [9.17, 15) is 9.59 Å². The Morgan fingerprint density at radius 1 is 0.966 bits per heavy atom. The lowest BCUT2D eigenvalue weighted by atomic mass is 10.0. The van der Waals surface area contributed by atoms with Gasteiger partial charge in [0.1, 0.15) is 5.75 Å². The van der Waals surface area contributed by atoms with Gasteiger partial charge in [0.15, 0.2) is 0 Å². The summed E-state index contributed by atoms with van der Waals surface area (Å²) in [5.74, 6) is 0.255. The first-order valence-corrected chi connectivity index (χ1v) is 9.52. The lowest BCUT2D eigenvalue weighted by molar-refractivity contribution is -0.116. The smallest absolute Gasteiger partial charge is 0.259 e. The molecule has 4 rings (SSSR count). The highest BCUT2D eigenvalue weighted by Crippen LogP contribution is 2.32. The highest BCUT2D eigenvalue weighted by Gasteiger charge is 2.23. The Hall–Kier alpha value is -3.60. The Morgan fingerprint density at radius 3 is 2.48 bits per heavy atom. The summed E-state index contributed by atoms with van der Waals surface area (Å²) in [4.78, 5) is 26.6. The highest BCUT2D eigenvalue weighted by atomic mass is 16.5. The Bertz CT molecular complexity index is 1080. The lowest BCUT2D eigenvalue weighted by Gasteiger charge is -2.16. The van der Waals surface area contributed by atoms with Crippen molar-refractivity contribution in [2.45, 2.75) is 13.3 Å². The van der Waals surface area contributed by atoms with Crippen LogP contribution in [0, 0.1) is 0 Å². The maximum atomic E-state index is 13.0. The second kappa shape index (κ2) is 7.80. The average Bonchev–Trinajstić information content (AvgIpc) is 3.17. The van der Waals surface area contributed by atoms with E-state index in [1.807, 2.05) is 60.7 Å². The van der Waals surface area contributed by atoms with Crippen LogP contribution < -0.4 is 15.0 Å². The number of nitrogens with one attached hydrogen (secondary N) is 1. The van der Waals surface area contributed by atoms with Crippen LogP contribution in [0.3, 0.4) is 0 Å². The summed E-state index contributed by atoms with van der Waals surface area (Å²) in [6.07, 6.45) is 0.829. The van der Waals surface area contributed by atoms with Crippen LogP contribution >= 0.6 is 0 Å². The van der Waals surface area contributed by atoms with Crippen LogP contribution in [-0.4, -0.2) is 25.5 Å². The van der Waals surface area contributed by atoms with Crippen LogP contribution in [0.15, 0.2) is 66.7 Å². The number of hydrogen-bond donors (Lipinski definition) is 1. The summed E-state index contributed by atoms with van der Waals surface area (Å²) in [5.41, 5.74) is 5.04. The van der Waals surface area contributed by atoms with Gasteiger partial charge in [0.2, 0.25) is 5.91 Å². The van der Waals surface area contributed by atoms with E-state index in [1.54, 1.807) is 25.0 Å². The minimum Gasteiger partial charge on any atom is -0.496 e. The number of rotatable bonds is 4. The molecule has 1 heterocycles. The second-order valence-corrected chi connectivity index (χ2v) is 7.00. The average molecular weight is 386 g/mol. The van der Waals surface area contributed by atoms with E-state index in [0.29, 0.717) is 23.5 Å². The van der Waals surface area contributed by atoms with Gasteiger partial charge in [0.05, 0.1) is 12.7 Å². The lowest BCUT2D eigenvalue weighted by Crippen LogP contribution is -2.25. The molecule has 2 amide bonds. The zero-order chi connectivity index (χ0) is 20.4. The number of hydrogen-bond acceptors (Lipinski definition) is 3. The Morgan fingerprint density at radius 2 is 1.76 bits per heavy atom. The van der Waals surface area contributed by atoms with E-state index in [1.165, 1.54) is 0 Å². The number of carbonyl (C=O) groups is 2. The molecular weight excluding hydrogens is 364 g/mol. The molecule has 29 heavy (non-hydrogen) atoms. The molecule has 0 saturated heterocycles. The zero-order valence-electron chi connectivity index (χ0n) is 16.4. The summed E-state index contributed by atoms with van der Waals surface area (Å²) in [7, 11) is 1.55. The molecule has 146 valence electrons. The maximum Gasteiger partial charge on any atom is 0.259 e. The monoisotopic (exact) mass is 386 g/mol. The molecule has 1 N–H and O–H groups in total. The van der Waals surface area contributed by atoms with Crippen molar-refractivity contribution in [3.63, 3.8) is 0 Å². The van der Waals surface area contributed by atoms with Crippen LogP contribution in [0.4, 0.5) is 11.4 Å². The first kappa shape index (κ1) is 18.7. The number of carbonyl (C=O) groups excluding carboxylic acids is 2. The van der Waals surface area contributed by atoms with E-state index in [-0.39, 0.29) is 11.8 Å². The van der Waals surface area contributed by atoms with E-state index < -0.39 is 0 Å². The molecule has 0 spiro atoms. The molecule has 0 aliphatic carbocycles. The third-order valence-electron chi connectivity index (χ3n) is 5.17. The maximum absolute atomic E-state index is 13.0. The van der Waals surface area contributed by atoms with Gasteiger partial charge in [0, 0.05) is 24.8 Å². The summed E-state index contributed by atoms with van der Waals surface area (Å²) in [5, 5.41) is 2.94. The number of benzene rings is 3. The van der Waals surface area contributed by atoms with E-state index in [4.69, 9.17) is 4.74 Å². The van der Waals surface area contributed by atoms with Gasteiger partial charge in [-0.05, 0) is 47.4 Å². The third kappa shape index (κ3) is 3.72. The number of amides is 2. The van der Waals surface area contributed by atoms with Crippen molar-refractivity contribution in [3.05, 3.63) is 77.9 Å². The van der Waals surface area contributed by atoms with Crippen LogP contribution in [0.2, 0.25) is 0 Å². The standard InChI is InChI=1S/C24H22N2O3/c1-16(27)26-13-12-18-8-10-20(15-22(18)26)25-24(28)21-14-19(9-11-23(21)29-2)17-6-4-3-5-7-17/h3-11,14-15H,12-13H2,1-2H3,(H,25,28). The van der Waals surface area contributed by atoms with Crippen LogP contribution in [-0.2, 0) is 11.2 Å². The predicted octanol–water partition coefficient (Wildman–Crippen LogP) is 4.52. The number of fused-ring (bicyclic) bond motifs is 1. The largest absolute Gasteiger partial charge is 0.496 e. The molecule has 3 aromatic carbocycles. The Balaban J connectivity index is 1.64. The molecule has 0 atom stereocenters. The third-order valence-corrected chi connectivity index (χ3v) is 5.17. The summed E-state index contributed by atoms with van der Waals surface area (Å²) >= 11 is 0. The molecule has 0 unspecified atom stereocenters. The predicted molar refractivity (Wildman–Crippen MR) is 115 cm³/mol. The molecule has 0 fully saturated rings. The van der Waals surface area contributed by atoms with Gasteiger partial charge >= 0.3 is 0 Å². The van der Waals surface area contributed by atoms with E-state index in [0.717, 1.165) is 28.8 Å². The number of methoxy groups -OCH3 is 1. The van der Waals surface area contributed by atoms with Crippen molar-refractivity contribution in [3.8, 4) is 16.9 Å².